The minimum Gasteiger partial charge on any atom is -0.467 e. The van der Waals surface area contributed by atoms with E-state index >= 15 is 0 Å². The van der Waals surface area contributed by atoms with Crippen molar-refractivity contribution < 1.29 is 9.21 Å². The molecule has 1 unspecified atom stereocenters. The standard InChI is InChI=1S/C18H19N3O2S/c1-14(15-6-8-19-9-7-15)20-18(22)21(12-16-4-2-10-23-16)13-17-5-3-11-24-17/h2-11,14H,12-13H2,1H3,(H,20,22). The summed E-state index contributed by atoms with van der Waals surface area (Å²) in [7, 11) is 0. The maximum atomic E-state index is 12.7. The van der Waals surface area contributed by atoms with Crippen LogP contribution in [0, 0.1) is 0 Å². The zero-order valence-electron chi connectivity index (χ0n) is 13.4. The lowest BCUT2D eigenvalue weighted by Crippen LogP contribution is -2.40. The fourth-order valence-electron chi connectivity index (χ4n) is 2.39. The first-order chi connectivity index (χ1) is 11.7. The van der Waals surface area contributed by atoms with Crippen molar-refractivity contribution in [2.24, 2.45) is 0 Å². The zero-order valence-corrected chi connectivity index (χ0v) is 14.2. The minimum absolute atomic E-state index is 0.0945. The van der Waals surface area contributed by atoms with E-state index < -0.39 is 0 Å². The van der Waals surface area contributed by atoms with Gasteiger partial charge < -0.3 is 14.6 Å². The van der Waals surface area contributed by atoms with E-state index in [1.165, 1.54) is 0 Å². The highest BCUT2D eigenvalue weighted by Crippen LogP contribution is 2.17. The van der Waals surface area contributed by atoms with E-state index in [0.29, 0.717) is 13.1 Å². The van der Waals surface area contributed by atoms with Crippen LogP contribution in [0.4, 0.5) is 4.79 Å². The first-order valence-electron chi connectivity index (χ1n) is 7.72. The Kier molecular flexibility index (Phi) is 5.28. The van der Waals surface area contributed by atoms with E-state index in [9.17, 15) is 4.79 Å². The maximum absolute atomic E-state index is 12.7. The topological polar surface area (TPSA) is 58.4 Å². The van der Waals surface area contributed by atoms with Gasteiger partial charge in [-0.3, -0.25) is 4.98 Å². The van der Waals surface area contributed by atoms with Crippen molar-refractivity contribution in [3.05, 3.63) is 76.6 Å². The maximum Gasteiger partial charge on any atom is 0.318 e. The molecule has 24 heavy (non-hydrogen) atoms. The second-order valence-corrected chi connectivity index (χ2v) is 6.50. The molecule has 0 aliphatic rings. The predicted molar refractivity (Wildman–Crippen MR) is 93.5 cm³/mol. The quantitative estimate of drug-likeness (QED) is 0.731. The fraction of sp³-hybridized carbons (Fsp3) is 0.222. The summed E-state index contributed by atoms with van der Waals surface area (Å²) in [5, 5.41) is 5.06. The molecule has 0 fully saturated rings. The van der Waals surface area contributed by atoms with E-state index in [-0.39, 0.29) is 12.1 Å². The average molecular weight is 341 g/mol. The molecular formula is C18H19N3O2S. The van der Waals surface area contributed by atoms with Gasteiger partial charge in [-0.1, -0.05) is 6.07 Å². The van der Waals surface area contributed by atoms with Gasteiger partial charge in [0, 0.05) is 17.3 Å². The Morgan fingerprint density at radius 3 is 2.75 bits per heavy atom. The summed E-state index contributed by atoms with van der Waals surface area (Å²) >= 11 is 1.64. The van der Waals surface area contributed by atoms with Crippen LogP contribution in [-0.2, 0) is 13.1 Å². The third-order valence-electron chi connectivity index (χ3n) is 3.69. The molecule has 5 nitrogen and oxygen atoms in total. The summed E-state index contributed by atoms with van der Waals surface area (Å²) in [6.45, 7) is 2.94. The third kappa shape index (κ3) is 4.23. The number of nitrogens with zero attached hydrogens (tertiary/aromatic N) is 2. The van der Waals surface area contributed by atoms with Crippen molar-refractivity contribution in [3.8, 4) is 0 Å². The van der Waals surface area contributed by atoms with Crippen LogP contribution in [-0.4, -0.2) is 15.9 Å². The number of hydrogen-bond acceptors (Lipinski definition) is 4. The Morgan fingerprint density at radius 1 is 1.25 bits per heavy atom. The number of furan rings is 1. The van der Waals surface area contributed by atoms with Gasteiger partial charge in [-0.25, -0.2) is 4.79 Å². The number of nitrogens with one attached hydrogen (secondary N) is 1. The zero-order chi connectivity index (χ0) is 16.8. The SMILES string of the molecule is CC(NC(=O)N(Cc1ccco1)Cc1cccs1)c1ccncc1. The molecule has 0 radical (unpaired) electrons. The van der Waals surface area contributed by atoms with Gasteiger partial charge in [-0.05, 0) is 48.2 Å². The van der Waals surface area contributed by atoms with Crippen LogP contribution >= 0.6 is 11.3 Å². The lowest BCUT2D eigenvalue weighted by Gasteiger charge is -2.24. The van der Waals surface area contributed by atoms with E-state index in [0.717, 1.165) is 16.2 Å². The number of pyridine rings is 1. The van der Waals surface area contributed by atoms with E-state index in [1.54, 1.807) is 34.9 Å². The van der Waals surface area contributed by atoms with Gasteiger partial charge in [0.2, 0.25) is 0 Å². The normalized spacial score (nSPS) is 11.9. The van der Waals surface area contributed by atoms with Crippen LogP contribution < -0.4 is 5.32 Å². The first-order valence-corrected chi connectivity index (χ1v) is 8.60. The Bertz CT molecular complexity index is 706. The van der Waals surface area contributed by atoms with Crippen molar-refractivity contribution in [1.29, 1.82) is 0 Å². The lowest BCUT2D eigenvalue weighted by atomic mass is 10.1. The fourth-order valence-corrected chi connectivity index (χ4v) is 3.11. The smallest absolute Gasteiger partial charge is 0.318 e. The van der Waals surface area contributed by atoms with Gasteiger partial charge >= 0.3 is 6.03 Å². The molecule has 3 aromatic rings. The highest BCUT2D eigenvalue weighted by atomic mass is 32.1. The molecule has 3 rings (SSSR count). The van der Waals surface area contributed by atoms with Gasteiger partial charge in [0.15, 0.2) is 0 Å². The van der Waals surface area contributed by atoms with Gasteiger partial charge in [-0.15, -0.1) is 11.3 Å². The highest BCUT2D eigenvalue weighted by Gasteiger charge is 2.18. The number of aromatic nitrogens is 1. The third-order valence-corrected chi connectivity index (χ3v) is 4.55. The largest absolute Gasteiger partial charge is 0.467 e. The number of rotatable bonds is 6. The Balaban J connectivity index is 1.70. The molecule has 3 aromatic heterocycles. The lowest BCUT2D eigenvalue weighted by molar-refractivity contribution is 0.184. The summed E-state index contributed by atoms with van der Waals surface area (Å²) in [6, 6.07) is 11.3. The van der Waals surface area contributed by atoms with Gasteiger partial charge in [0.25, 0.3) is 0 Å². The number of carbonyl (C=O) groups is 1. The van der Waals surface area contributed by atoms with E-state index in [4.69, 9.17) is 4.42 Å². The summed E-state index contributed by atoms with van der Waals surface area (Å²) in [6.07, 6.45) is 5.07. The number of urea groups is 1. The first kappa shape index (κ1) is 16.3. The van der Waals surface area contributed by atoms with Crippen molar-refractivity contribution in [3.63, 3.8) is 0 Å². The van der Waals surface area contributed by atoms with E-state index in [2.05, 4.69) is 10.3 Å². The summed E-state index contributed by atoms with van der Waals surface area (Å²) in [4.78, 5) is 19.6. The predicted octanol–water partition coefficient (Wildman–Crippen LogP) is 4.21. The molecule has 0 bridgehead atoms. The van der Waals surface area contributed by atoms with Crippen molar-refractivity contribution in [2.45, 2.75) is 26.1 Å². The molecule has 0 aromatic carbocycles. The summed E-state index contributed by atoms with van der Waals surface area (Å²) in [5.74, 6) is 0.762. The van der Waals surface area contributed by atoms with Crippen molar-refractivity contribution in [2.75, 3.05) is 0 Å². The monoisotopic (exact) mass is 341 g/mol. The number of amides is 2. The molecule has 2 amide bonds. The molecule has 1 N–H and O–H groups in total. The van der Waals surface area contributed by atoms with Crippen LogP contribution in [0.3, 0.4) is 0 Å². The van der Waals surface area contributed by atoms with Crippen molar-refractivity contribution >= 4 is 17.4 Å². The Labute approximate surface area is 144 Å². The molecule has 0 saturated heterocycles. The van der Waals surface area contributed by atoms with Crippen LogP contribution in [0.2, 0.25) is 0 Å². The molecule has 3 heterocycles. The Morgan fingerprint density at radius 2 is 2.08 bits per heavy atom. The van der Waals surface area contributed by atoms with Crippen LogP contribution in [0.25, 0.3) is 0 Å². The second kappa shape index (κ2) is 7.79. The molecule has 0 aliphatic heterocycles. The molecule has 124 valence electrons. The van der Waals surface area contributed by atoms with Gasteiger partial charge in [0.1, 0.15) is 5.76 Å². The second-order valence-electron chi connectivity index (χ2n) is 5.47. The summed E-state index contributed by atoms with van der Waals surface area (Å²) < 4.78 is 5.40. The number of carbonyl (C=O) groups excluding carboxylic acids is 1. The van der Waals surface area contributed by atoms with Crippen LogP contribution in [0.5, 0.6) is 0 Å². The molecule has 0 aliphatic carbocycles. The van der Waals surface area contributed by atoms with E-state index in [1.807, 2.05) is 48.7 Å². The van der Waals surface area contributed by atoms with Gasteiger partial charge in [0.05, 0.1) is 25.4 Å². The molecular weight excluding hydrogens is 322 g/mol. The number of hydrogen-bond donors (Lipinski definition) is 1. The molecule has 1 atom stereocenters. The Hall–Kier alpha value is -2.60. The van der Waals surface area contributed by atoms with Crippen LogP contribution in [0.15, 0.2) is 64.9 Å². The average Bonchev–Trinajstić information content (AvgIpc) is 3.29. The molecule has 0 spiro atoms. The molecule has 6 heteroatoms. The summed E-state index contributed by atoms with van der Waals surface area (Å²) in [5.41, 5.74) is 1.02. The number of thiophene rings is 1. The molecule has 0 saturated carbocycles. The van der Waals surface area contributed by atoms with Crippen LogP contribution in [0.1, 0.15) is 29.2 Å². The highest BCUT2D eigenvalue weighted by molar-refractivity contribution is 7.09. The minimum atomic E-state index is -0.121. The van der Waals surface area contributed by atoms with Gasteiger partial charge in [-0.2, -0.15) is 0 Å². The van der Waals surface area contributed by atoms with Crippen molar-refractivity contribution in [1.82, 2.24) is 15.2 Å².